The molecule has 134 valence electrons. The maximum absolute atomic E-state index is 12.4. The summed E-state index contributed by atoms with van der Waals surface area (Å²) < 4.78 is 0. The van der Waals surface area contributed by atoms with Gasteiger partial charge in [-0.2, -0.15) is 0 Å². The van der Waals surface area contributed by atoms with E-state index in [2.05, 4.69) is 36.5 Å². The monoisotopic (exact) mass is 337 g/mol. The summed E-state index contributed by atoms with van der Waals surface area (Å²) in [4.78, 5) is 12.4. The third kappa shape index (κ3) is 7.13. The largest absolute Gasteiger partial charge is 0.356 e. The predicted molar refractivity (Wildman–Crippen MR) is 106 cm³/mol. The summed E-state index contributed by atoms with van der Waals surface area (Å²) in [6.45, 7) is 3.03. The van der Waals surface area contributed by atoms with Crippen LogP contribution in [0.25, 0.3) is 0 Å². The molecule has 0 aliphatic carbocycles. The van der Waals surface area contributed by atoms with E-state index in [1.165, 1.54) is 43.2 Å². The van der Waals surface area contributed by atoms with E-state index >= 15 is 0 Å². The summed E-state index contributed by atoms with van der Waals surface area (Å²) in [5, 5.41) is 3.10. The number of hydrogen-bond acceptors (Lipinski definition) is 1. The van der Waals surface area contributed by atoms with Gasteiger partial charge in [-0.05, 0) is 17.5 Å². The van der Waals surface area contributed by atoms with Gasteiger partial charge in [-0.25, -0.2) is 0 Å². The molecule has 2 nitrogen and oxygen atoms in total. The van der Waals surface area contributed by atoms with E-state index in [9.17, 15) is 4.79 Å². The van der Waals surface area contributed by atoms with Crippen LogP contribution in [0.5, 0.6) is 0 Å². The number of carbonyl (C=O) groups is 1. The molecule has 2 rings (SSSR count). The summed E-state index contributed by atoms with van der Waals surface area (Å²) in [5.41, 5.74) is 2.40. The van der Waals surface area contributed by atoms with Crippen LogP contribution in [0.4, 0.5) is 0 Å². The van der Waals surface area contributed by atoms with Crippen molar-refractivity contribution in [3.63, 3.8) is 0 Å². The van der Waals surface area contributed by atoms with Crippen LogP contribution >= 0.6 is 0 Å². The van der Waals surface area contributed by atoms with Gasteiger partial charge < -0.3 is 5.32 Å². The second kappa shape index (κ2) is 11.5. The molecule has 0 atom stereocenters. The molecule has 2 aromatic carbocycles. The standard InChI is InChI=1S/C23H31NO/c1-2-3-4-5-6-13-18-24-23(25)19-22(20-14-9-7-10-15-20)21-16-11-8-12-17-21/h7-12,14-17,22H,2-6,13,18-19H2,1H3,(H,24,25). The van der Waals surface area contributed by atoms with E-state index in [1.807, 2.05) is 36.4 Å². The van der Waals surface area contributed by atoms with Crippen molar-refractivity contribution in [2.24, 2.45) is 0 Å². The molecular weight excluding hydrogens is 306 g/mol. The molecule has 0 radical (unpaired) electrons. The lowest BCUT2D eigenvalue weighted by atomic mass is 9.88. The van der Waals surface area contributed by atoms with Crippen LogP contribution in [-0.2, 0) is 4.79 Å². The van der Waals surface area contributed by atoms with E-state index in [1.54, 1.807) is 0 Å². The second-order valence-electron chi connectivity index (χ2n) is 6.70. The molecule has 0 heterocycles. The minimum absolute atomic E-state index is 0.118. The van der Waals surface area contributed by atoms with E-state index < -0.39 is 0 Å². The highest BCUT2D eigenvalue weighted by Gasteiger charge is 2.17. The van der Waals surface area contributed by atoms with Gasteiger partial charge in [-0.1, -0.05) is 99.7 Å². The number of benzene rings is 2. The van der Waals surface area contributed by atoms with E-state index in [0.717, 1.165) is 13.0 Å². The maximum atomic E-state index is 12.4. The van der Waals surface area contributed by atoms with E-state index in [-0.39, 0.29) is 11.8 Å². The Balaban J connectivity index is 1.84. The van der Waals surface area contributed by atoms with Crippen molar-refractivity contribution in [2.75, 3.05) is 6.54 Å². The van der Waals surface area contributed by atoms with Gasteiger partial charge in [0.1, 0.15) is 0 Å². The molecule has 0 bridgehead atoms. The fourth-order valence-corrected chi connectivity index (χ4v) is 3.19. The highest BCUT2D eigenvalue weighted by atomic mass is 16.1. The van der Waals surface area contributed by atoms with Crippen LogP contribution in [0.15, 0.2) is 60.7 Å². The Bertz CT molecular complexity index is 555. The van der Waals surface area contributed by atoms with Crippen LogP contribution in [-0.4, -0.2) is 12.5 Å². The first-order chi connectivity index (χ1) is 12.3. The minimum atomic E-state index is 0.118. The number of unbranched alkanes of at least 4 members (excludes halogenated alkanes) is 5. The lowest BCUT2D eigenvalue weighted by Gasteiger charge is -2.18. The van der Waals surface area contributed by atoms with Crippen LogP contribution < -0.4 is 5.32 Å². The molecule has 0 aliphatic rings. The Morgan fingerprint density at radius 2 is 1.32 bits per heavy atom. The Labute approximate surface area is 152 Å². The van der Waals surface area contributed by atoms with Crippen molar-refractivity contribution in [2.45, 2.75) is 57.8 Å². The summed E-state index contributed by atoms with van der Waals surface area (Å²) in [7, 11) is 0. The zero-order chi connectivity index (χ0) is 17.7. The number of hydrogen-bond donors (Lipinski definition) is 1. The Kier molecular flexibility index (Phi) is 8.82. The third-order valence-corrected chi connectivity index (χ3v) is 4.65. The molecule has 0 unspecified atom stereocenters. The zero-order valence-corrected chi connectivity index (χ0v) is 15.4. The zero-order valence-electron chi connectivity index (χ0n) is 15.4. The van der Waals surface area contributed by atoms with Gasteiger partial charge >= 0.3 is 0 Å². The maximum Gasteiger partial charge on any atom is 0.220 e. The van der Waals surface area contributed by atoms with Crippen molar-refractivity contribution in [1.29, 1.82) is 0 Å². The molecule has 0 spiro atoms. The number of rotatable bonds is 11. The van der Waals surface area contributed by atoms with Crippen LogP contribution in [0.2, 0.25) is 0 Å². The molecule has 0 aromatic heterocycles. The first-order valence-corrected chi connectivity index (χ1v) is 9.68. The summed E-state index contributed by atoms with van der Waals surface area (Å²) >= 11 is 0. The number of carbonyl (C=O) groups excluding carboxylic acids is 1. The molecule has 1 N–H and O–H groups in total. The van der Waals surface area contributed by atoms with Crippen LogP contribution in [0.3, 0.4) is 0 Å². The molecule has 0 aliphatic heterocycles. The topological polar surface area (TPSA) is 29.1 Å². The van der Waals surface area contributed by atoms with Gasteiger partial charge in [0, 0.05) is 18.9 Å². The summed E-state index contributed by atoms with van der Waals surface area (Å²) in [6, 6.07) is 20.6. The quantitative estimate of drug-likeness (QED) is 0.525. The fraction of sp³-hybridized carbons (Fsp3) is 0.435. The highest BCUT2D eigenvalue weighted by Crippen LogP contribution is 2.27. The predicted octanol–water partition coefficient (Wildman–Crippen LogP) is 5.69. The average Bonchev–Trinajstić information content (AvgIpc) is 2.67. The average molecular weight is 338 g/mol. The number of amides is 1. The molecule has 2 aromatic rings. The fourth-order valence-electron chi connectivity index (χ4n) is 3.19. The van der Waals surface area contributed by atoms with Crippen molar-refractivity contribution < 1.29 is 4.79 Å². The summed E-state index contributed by atoms with van der Waals surface area (Å²) in [6.07, 6.45) is 7.98. The second-order valence-corrected chi connectivity index (χ2v) is 6.70. The first kappa shape index (κ1) is 19.2. The van der Waals surface area contributed by atoms with Gasteiger partial charge in [-0.15, -0.1) is 0 Å². The Hall–Kier alpha value is -2.09. The SMILES string of the molecule is CCCCCCCCNC(=O)CC(c1ccccc1)c1ccccc1. The molecule has 25 heavy (non-hydrogen) atoms. The Morgan fingerprint density at radius 3 is 1.88 bits per heavy atom. The van der Waals surface area contributed by atoms with Crippen molar-refractivity contribution >= 4 is 5.91 Å². The first-order valence-electron chi connectivity index (χ1n) is 9.68. The molecule has 1 amide bonds. The van der Waals surface area contributed by atoms with Gasteiger partial charge in [0.05, 0.1) is 0 Å². The molecule has 0 saturated heterocycles. The van der Waals surface area contributed by atoms with Gasteiger partial charge in [0.2, 0.25) is 5.91 Å². The smallest absolute Gasteiger partial charge is 0.220 e. The van der Waals surface area contributed by atoms with Gasteiger partial charge in [0.15, 0.2) is 0 Å². The van der Waals surface area contributed by atoms with Crippen LogP contribution in [0.1, 0.15) is 68.9 Å². The van der Waals surface area contributed by atoms with E-state index in [4.69, 9.17) is 0 Å². The van der Waals surface area contributed by atoms with Crippen molar-refractivity contribution in [3.8, 4) is 0 Å². The van der Waals surface area contributed by atoms with Crippen molar-refractivity contribution in [1.82, 2.24) is 5.32 Å². The van der Waals surface area contributed by atoms with E-state index in [0.29, 0.717) is 6.42 Å². The molecule has 2 heteroatoms. The normalized spacial score (nSPS) is 10.8. The minimum Gasteiger partial charge on any atom is -0.356 e. The highest BCUT2D eigenvalue weighted by molar-refractivity contribution is 5.77. The van der Waals surface area contributed by atoms with Gasteiger partial charge in [-0.3, -0.25) is 4.79 Å². The van der Waals surface area contributed by atoms with Gasteiger partial charge in [0.25, 0.3) is 0 Å². The molecule has 0 fully saturated rings. The molecular formula is C23H31NO. The third-order valence-electron chi connectivity index (χ3n) is 4.65. The number of nitrogens with one attached hydrogen (secondary N) is 1. The van der Waals surface area contributed by atoms with Crippen molar-refractivity contribution in [3.05, 3.63) is 71.8 Å². The lowest BCUT2D eigenvalue weighted by Crippen LogP contribution is -2.26. The summed E-state index contributed by atoms with van der Waals surface area (Å²) in [5.74, 6) is 0.262. The Morgan fingerprint density at radius 1 is 0.800 bits per heavy atom. The lowest BCUT2D eigenvalue weighted by molar-refractivity contribution is -0.121. The molecule has 0 saturated carbocycles. The van der Waals surface area contributed by atoms with Crippen LogP contribution in [0, 0.1) is 0 Å².